The van der Waals surface area contributed by atoms with Crippen LogP contribution in [0.4, 0.5) is 10.8 Å². The third-order valence-electron chi connectivity index (χ3n) is 4.22. The summed E-state index contributed by atoms with van der Waals surface area (Å²) in [5.41, 5.74) is 6.51. The van der Waals surface area contributed by atoms with Gasteiger partial charge in [-0.15, -0.1) is 11.3 Å². The predicted molar refractivity (Wildman–Crippen MR) is 112 cm³/mol. The van der Waals surface area contributed by atoms with E-state index in [9.17, 15) is 0 Å². The second kappa shape index (κ2) is 7.32. The number of aromatic nitrogens is 1. The van der Waals surface area contributed by atoms with Crippen molar-refractivity contribution in [2.24, 2.45) is 0 Å². The first-order chi connectivity index (χ1) is 12.7. The molecule has 4 heteroatoms. The molecule has 0 saturated carbocycles. The van der Waals surface area contributed by atoms with Gasteiger partial charge in [0.05, 0.1) is 5.69 Å². The highest BCUT2D eigenvalue weighted by molar-refractivity contribution is 7.14. The highest BCUT2D eigenvalue weighted by atomic mass is 35.5. The number of hydrogen-bond donors (Lipinski definition) is 1. The lowest BCUT2D eigenvalue weighted by Gasteiger charge is -2.05. The standard InChI is InChI=1S/C22H17ClN2S/c1-15-7-12-19(13-20(15)23)24-22-25-21(14-26-22)18-10-8-17(9-11-18)16-5-3-2-4-6-16/h2-14H,1H3,(H,24,25). The molecular weight excluding hydrogens is 360 g/mol. The summed E-state index contributed by atoms with van der Waals surface area (Å²) in [6.07, 6.45) is 0. The van der Waals surface area contributed by atoms with Gasteiger partial charge in [0.2, 0.25) is 0 Å². The van der Waals surface area contributed by atoms with Gasteiger partial charge < -0.3 is 5.32 Å². The van der Waals surface area contributed by atoms with Crippen molar-refractivity contribution in [2.45, 2.75) is 6.92 Å². The Morgan fingerprint density at radius 3 is 2.27 bits per heavy atom. The monoisotopic (exact) mass is 376 g/mol. The highest BCUT2D eigenvalue weighted by Crippen LogP contribution is 2.30. The Kier molecular flexibility index (Phi) is 4.74. The quantitative estimate of drug-likeness (QED) is 0.408. The maximum absolute atomic E-state index is 6.19. The number of rotatable bonds is 4. The minimum absolute atomic E-state index is 0.753. The minimum atomic E-state index is 0.753. The molecule has 3 aromatic carbocycles. The fraction of sp³-hybridized carbons (Fsp3) is 0.0455. The Labute approximate surface area is 162 Å². The van der Waals surface area contributed by atoms with Crippen molar-refractivity contribution in [3.63, 3.8) is 0 Å². The molecule has 0 bridgehead atoms. The first-order valence-electron chi connectivity index (χ1n) is 8.33. The summed E-state index contributed by atoms with van der Waals surface area (Å²) < 4.78 is 0. The number of aryl methyl sites for hydroxylation is 1. The number of halogens is 1. The molecule has 1 heterocycles. The van der Waals surface area contributed by atoms with Crippen LogP contribution in [0.25, 0.3) is 22.4 Å². The lowest BCUT2D eigenvalue weighted by molar-refractivity contribution is 1.37. The molecule has 0 radical (unpaired) electrons. The van der Waals surface area contributed by atoms with Crippen LogP contribution in [0, 0.1) is 6.92 Å². The van der Waals surface area contributed by atoms with Crippen molar-refractivity contribution in [1.82, 2.24) is 4.98 Å². The molecule has 0 fully saturated rings. The minimum Gasteiger partial charge on any atom is -0.331 e. The van der Waals surface area contributed by atoms with Gasteiger partial charge in [0.1, 0.15) is 0 Å². The summed E-state index contributed by atoms with van der Waals surface area (Å²) in [6, 6.07) is 24.8. The van der Waals surface area contributed by atoms with Crippen LogP contribution in [0.3, 0.4) is 0 Å². The highest BCUT2D eigenvalue weighted by Gasteiger charge is 2.06. The molecule has 0 aliphatic rings. The molecule has 128 valence electrons. The lowest BCUT2D eigenvalue weighted by Crippen LogP contribution is -1.90. The molecule has 0 amide bonds. The second-order valence-corrected chi connectivity index (χ2v) is 7.34. The summed E-state index contributed by atoms with van der Waals surface area (Å²) in [7, 11) is 0. The maximum Gasteiger partial charge on any atom is 0.187 e. The van der Waals surface area contributed by atoms with Gasteiger partial charge in [-0.05, 0) is 35.7 Å². The summed E-state index contributed by atoms with van der Waals surface area (Å²) in [4.78, 5) is 4.69. The van der Waals surface area contributed by atoms with Crippen molar-refractivity contribution >= 4 is 33.8 Å². The fourth-order valence-corrected chi connectivity index (χ4v) is 3.64. The van der Waals surface area contributed by atoms with Crippen molar-refractivity contribution in [3.05, 3.63) is 88.8 Å². The summed E-state index contributed by atoms with van der Waals surface area (Å²) in [6.45, 7) is 1.99. The van der Waals surface area contributed by atoms with Gasteiger partial charge in [0, 0.05) is 21.7 Å². The van der Waals surface area contributed by atoms with E-state index in [1.807, 2.05) is 31.2 Å². The second-order valence-electron chi connectivity index (χ2n) is 6.07. The SMILES string of the molecule is Cc1ccc(Nc2nc(-c3ccc(-c4ccccc4)cc3)cs2)cc1Cl. The summed E-state index contributed by atoms with van der Waals surface area (Å²) in [5, 5.41) is 6.99. The molecule has 2 nitrogen and oxygen atoms in total. The molecule has 1 N–H and O–H groups in total. The number of thiazole rings is 1. The van der Waals surface area contributed by atoms with E-state index in [1.165, 1.54) is 11.1 Å². The van der Waals surface area contributed by atoms with Crippen LogP contribution in [-0.2, 0) is 0 Å². The van der Waals surface area contributed by atoms with E-state index < -0.39 is 0 Å². The van der Waals surface area contributed by atoms with Gasteiger partial charge in [0.15, 0.2) is 5.13 Å². The van der Waals surface area contributed by atoms with E-state index in [0.717, 1.165) is 32.7 Å². The Morgan fingerprint density at radius 1 is 0.846 bits per heavy atom. The number of hydrogen-bond acceptors (Lipinski definition) is 3. The normalized spacial score (nSPS) is 10.7. The molecule has 0 saturated heterocycles. The summed E-state index contributed by atoms with van der Waals surface area (Å²) in [5.74, 6) is 0. The van der Waals surface area contributed by atoms with E-state index in [-0.39, 0.29) is 0 Å². The summed E-state index contributed by atoms with van der Waals surface area (Å²) >= 11 is 7.77. The molecule has 4 rings (SSSR count). The van der Waals surface area contributed by atoms with Crippen LogP contribution in [0.5, 0.6) is 0 Å². The van der Waals surface area contributed by atoms with Crippen LogP contribution >= 0.6 is 22.9 Å². The number of nitrogens with one attached hydrogen (secondary N) is 1. The van der Waals surface area contributed by atoms with E-state index in [2.05, 4.69) is 59.2 Å². The lowest BCUT2D eigenvalue weighted by atomic mass is 10.0. The third kappa shape index (κ3) is 3.64. The molecule has 1 aromatic heterocycles. The first-order valence-corrected chi connectivity index (χ1v) is 9.59. The zero-order valence-electron chi connectivity index (χ0n) is 14.2. The van der Waals surface area contributed by atoms with E-state index in [1.54, 1.807) is 11.3 Å². The largest absolute Gasteiger partial charge is 0.331 e. The van der Waals surface area contributed by atoms with Crippen LogP contribution < -0.4 is 5.32 Å². The average molecular weight is 377 g/mol. The van der Waals surface area contributed by atoms with Gasteiger partial charge in [0.25, 0.3) is 0 Å². The average Bonchev–Trinajstić information content (AvgIpc) is 3.14. The molecular formula is C22H17ClN2S. The van der Waals surface area contributed by atoms with Crippen molar-refractivity contribution < 1.29 is 0 Å². The zero-order chi connectivity index (χ0) is 17.9. The van der Waals surface area contributed by atoms with E-state index >= 15 is 0 Å². The molecule has 0 aliphatic carbocycles. The van der Waals surface area contributed by atoms with Crippen molar-refractivity contribution in [3.8, 4) is 22.4 Å². The van der Waals surface area contributed by atoms with E-state index in [0.29, 0.717) is 0 Å². The Bertz CT molecular complexity index is 1020. The van der Waals surface area contributed by atoms with Crippen molar-refractivity contribution in [2.75, 3.05) is 5.32 Å². The molecule has 0 spiro atoms. The zero-order valence-corrected chi connectivity index (χ0v) is 15.8. The Hall–Kier alpha value is -2.62. The number of nitrogens with zero attached hydrogens (tertiary/aromatic N) is 1. The maximum atomic E-state index is 6.19. The van der Waals surface area contributed by atoms with Crippen LogP contribution in [0.1, 0.15) is 5.56 Å². The molecule has 0 unspecified atom stereocenters. The Balaban J connectivity index is 1.53. The van der Waals surface area contributed by atoms with E-state index in [4.69, 9.17) is 16.6 Å². The number of benzene rings is 3. The van der Waals surface area contributed by atoms with Gasteiger partial charge in [-0.1, -0.05) is 72.3 Å². The van der Waals surface area contributed by atoms with Gasteiger partial charge >= 0.3 is 0 Å². The van der Waals surface area contributed by atoms with Crippen LogP contribution in [0.2, 0.25) is 5.02 Å². The molecule has 26 heavy (non-hydrogen) atoms. The Morgan fingerprint density at radius 2 is 1.54 bits per heavy atom. The predicted octanol–water partition coefficient (Wildman–Crippen LogP) is 7.18. The van der Waals surface area contributed by atoms with Crippen LogP contribution in [0.15, 0.2) is 78.2 Å². The molecule has 4 aromatic rings. The van der Waals surface area contributed by atoms with Gasteiger partial charge in [-0.25, -0.2) is 4.98 Å². The molecule has 0 aliphatic heterocycles. The third-order valence-corrected chi connectivity index (χ3v) is 5.38. The van der Waals surface area contributed by atoms with Gasteiger partial charge in [-0.2, -0.15) is 0 Å². The van der Waals surface area contributed by atoms with Crippen molar-refractivity contribution in [1.29, 1.82) is 0 Å². The fourth-order valence-electron chi connectivity index (χ4n) is 2.72. The van der Waals surface area contributed by atoms with Crippen LogP contribution in [-0.4, -0.2) is 4.98 Å². The van der Waals surface area contributed by atoms with Gasteiger partial charge in [-0.3, -0.25) is 0 Å². The molecule has 0 atom stereocenters. The first kappa shape index (κ1) is 16.8. The smallest absolute Gasteiger partial charge is 0.187 e. The number of anilines is 2. The topological polar surface area (TPSA) is 24.9 Å².